The second-order valence-corrected chi connectivity index (χ2v) is 8.03. The van der Waals surface area contributed by atoms with Crippen LogP contribution in [-0.4, -0.2) is 9.55 Å². The molecule has 0 saturated carbocycles. The van der Waals surface area contributed by atoms with Crippen LogP contribution in [0.2, 0.25) is 0 Å². The predicted molar refractivity (Wildman–Crippen MR) is 119 cm³/mol. The molecular weight excluding hydrogens is 328 g/mol. The fourth-order valence-electron chi connectivity index (χ4n) is 3.78. The van der Waals surface area contributed by atoms with E-state index in [1.807, 2.05) is 6.20 Å². The van der Waals surface area contributed by atoms with Gasteiger partial charge in [-0.1, -0.05) is 72.4 Å². The normalized spacial score (nSPS) is 14.8. The summed E-state index contributed by atoms with van der Waals surface area (Å²) in [7, 11) is 0. The van der Waals surface area contributed by atoms with Gasteiger partial charge in [-0.25, -0.2) is 4.98 Å². The second-order valence-electron chi connectivity index (χ2n) is 8.03. The van der Waals surface area contributed by atoms with Crippen molar-refractivity contribution in [1.29, 1.82) is 0 Å². The van der Waals surface area contributed by atoms with Crippen molar-refractivity contribution in [3.05, 3.63) is 59.9 Å². The molecule has 0 bridgehead atoms. The van der Waals surface area contributed by atoms with Crippen LogP contribution in [0.4, 0.5) is 0 Å². The Morgan fingerprint density at radius 3 is 2.37 bits per heavy atom. The molecule has 2 nitrogen and oxygen atoms in total. The predicted octanol–water partition coefficient (Wildman–Crippen LogP) is 7.48. The summed E-state index contributed by atoms with van der Waals surface area (Å²) in [5, 5.41) is 0. The van der Waals surface area contributed by atoms with Gasteiger partial charge in [0.25, 0.3) is 0 Å². The van der Waals surface area contributed by atoms with Crippen LogP contribution in [0.5, 0.6) is 0 Å². The summed E-state index contributed by atoms with van der Waals surface area (Å²) in [5.41, 5.74) is 6.44. The molecule has 0 aliphatic rings. The third kappa shape index (κ3) is 3.95. The Balaban J connectivity index is 2.75. The first-order chi connectivity index (χ1) is 12.8. The molecule has 1 atom stereocenters. The summed E-state index contributed by atoms with van der Waals surface area (Å²) >= 11 is 0. The smallest absolute Gasteiger partial charge is 0.144 e. The van der Waals surface area contributed by atoms with Crippen molar-refractivity contribution >= 4 is 5.70 Å². The molecular formula is C25H36N2. The largest absolute Gasteiger partial charge is 0.300 e. The van der Waals surface area contributed by atoms with Gasteiger partial charge in [0, 0.05) is 23.7 Å². The number of nitrogens with zero attached hydrogens (tertiary/aromatic N) is 2. The Bertz CT molecular complexity index is 822. The van der Waals surface area contributed by atoms with E-state index in [9.17, 15) is 0 Å². The van der Waals surface area contributed by atoms with Crippen molar-refractivity contribution < 1.29 is 0 Å². The Hall–Kier alpha value is -2.09. The van der Waals surface area contributed by atoms with E-state index in [1.54, 1.807) is 0 Å². The number of aromatic nitrogens is 2. The lowest BCUT2D eigenvalue weighted by atomic mass is 9.70. The minimum atomic E-state index is 0.110. The summed E-state index contributed by atoms with van der Waals surface area (Å²) in [4.78, 5) is 4.80. The molecule has 2 aromatic rings. The molecule has 0 saturated heterocycles. The molecule has 0 N–H and O–H groups in total. The topological polar surface area (TPSA) is 17.8 Å². The molecule has 0 amide bonds. The molecule has 1 unspecified atom stereocenters. The lowest BCUT2D eigenvalue weighted by molar-refractivity contribution is 0.327. The quantitative estimate of drug-likeness (QED) is 0.444. The maximum atomic E-state index is 4.80. The minimum Gasteiger partial charge on any atom is -0.300 e. The average Bonchev–Trinajstić information content (AvgIpc) is 3.15. The molecule has 2 heteroatoms. The third-order valence-corrected chi connectivity index (χ3v) is 6.37. The third-order valence-electron chi connectivity index (χ3n) is 6.37. The van der Waals surface area contributed by atoms with Gasteiger partial charge in [-0.05, 0) is 54.2 Å². The molecule has 1 aromatic heterocycles. The van der Waals surface area contributed by atoms with Crippen LogP contribution in [0.3, 0.4) is 0 Å². The van der Waals surface area contributed by atoms with Crippen LogP contribution < -0.4 is 0 Å². The number of hydrogen-bond acceptors (Lipinski definition) is 1. The van der Waals surface area contributed by atoms with Gasteiger partial charge in [-0.15, -0.1) is 0 Å². The lowest BCUT2D eigenvalue weighted by Gasteiger charge is -2.35. The molecule has 0 aliphatic heterocycles. The average molecular weight is 365 g/mol. The number of imidazole rings is 1. The fraction of sp³-hybridized carbons (Fsp3) is 0.480. The first-order valence-corrected chi connectivity index (χ1v) is 10.3. The van der Waals surface area contributed by atoms with Crippen molar-refractivity contribution in [2.75, 3.05) is 0 Å². The SMILES string of the molecule is C=C(CC)/C(=C(\C)CC)n1ccnc1-c1ccccc1C(C)(CC)C(C)C. The lowest BCUT2D eigenvalue weighted by Crippen LogP contribution is -2.28. The highest BCUT2D eigenvalue weighted by Gasteiger charge is 2.31. The Morgan fingerprint density at radius 2 is 1.81 bits per heavy atom. The van der Waals surface area contributed by atoms with Crippen LogP contribution in [0.15, 0.2) is 54.4 Å². The first-order valence-electron chi connectivity index (χ1n) is 10.3. The highest BCUT2D eigenvalue weighted by molar-refractivity contribution is 5.74. The fourth-order valence-corrected chi connectivity index (χ4v) is 3.78. The Kier molecular flexibility index (Phi) is 6.86. The van der Waals surface area contributed by atoms with Gasteiger partial charge < -0.3 is 0 Å². The molecule has 2 rings (SSSR count). The van der Waals surface area contributed by atoms with Gasteiger partial charge >= 0.3 is 0 Å². The minimum absolute atomic E-state index is 0.110. The van der Waals surface area contributed by atoms with E-state index in [1.165, 1.54) is 22.4 Å². The van der Waals surface area contributed by atoms with Crippen LogP contribution >= 0.6 is 0 Å². The highest BCUT2D eigenvalue weighted by Crippen LogP contribution is 2.41. The Morgan fingerprint density at radius 1 is 1.15 bits per heavy atom. The van der Waals surface area contributed by atoms with E-state index in [0.29, 0.717) is 5.92 Å². The summed E-state index contributed by atoms with van der Waals surface area (Å²) in [6.07, 6.45) is 7.04. The Labute approximate surface area is 166 Å². The van der Waals surface area contributed by atoms with Crippen molar-refractivity contribution in [2.24, 2.45) is 5.92 Å². The van der Waals surface area contributed by atoms with E-state index < -0.39 is 0 Å². The standard InChI is InChI=1S/C25H36N2/c1-9-19(6)23(20(7)10-2)27-17-16-26-24(27)21-14-12-13-15-22(21)25(8,11-3)18(4)5/h12-18H,6,9-11H2,1-5,7-8H3/b23-20-. The van der Waals surface area contributed by atoms with E-state index in [0.717, 1.165) is 30.7 Å². The number of hydrogen-bond donors (Lipinski definition) is 0. The monoisotopic (exact) mass is 364 g/mol. The maximum Gasteiger partial charge on any atom is 0.144 e. The molecule has 0 aliphatic carbocycles. The molecule has 27 heavy (non-hydrogen) atoms. The molecule has 0 fully saturated rings. The van der Waals surface area contributed by atoms with Crippen molar-refractivity contribution in [3.63, 3.8) is 0 Å². The summed E-state index contributed by atoms with van der Waals surface area (Å²) in [6, 6.07) is 8.78. The van der Waals surface area contributed by atoms with Crippen LogP contribution in [0.25, 0.3) is 17.1 Å². The van der Waals surface area contributed by atoms with Crippen molar-refractivity contribution in [2.45, 2.75) is 73.1 Å². The highest BCUT2D eigenvalue weighted by atomic mass is 15.1. The van der Waals surface area contributed by atoms with E-state index in [-0.39, 0.29) is 5.41 Å². The maximum absolute atomic E-state index is 4.80. The zero-order valence-corrected chi connectivity index (χ0v) is 18.3. The van der Waals surface area contributed by atoms with E-state index in [2.05, 4.69) is 90.1 Å². The molecule has 0 radical (unpaired) electrons. The van der Waals surface area contributed by atoms with Gasteiger partial charge in [0.2, 0.25) is 0 Å². The molecule has 0 spiro atoms. The van der Waals surface area contributed by atoms with Gasteiger partial charge in [0.05, 0.1) is 0 Å². The van der Waals surface area contributed by atoms with Crippen LogP contribution in [-0.2, 0) is 5.41 Å². The number of benzene rings is 1. The van der Waals surface area contributed by atoms with Gasteiger partial charge in [-0.3, -0.25) is 4.57 Å². The first kappa shape index (κ1) is 21.2. The molecule has 1 heterocycles. The van der Waals surface area contributed by atoms with Crippen molar-refractivity contribution in [1.82, 2.24) is 9.55 Å². The van der Waals surface area contributed by atoms with Gasteiger partial charge in [-0.2, -0.15) is 0 Å². The van der Waals surface area contributed by atoms with Gasteiger partial charge in [0.15, 0.2) is 0 Å². The van der Waals surface area contributed by atoms with E-state index in [4.69, 9.17) is 4.98 Å². The number of rotatable bonds is 8. The van der Waals surface area contributed by atoms with Crippen LogP contribution in [0, 0.1) is 5.92 Å². The second kappa shape index (κ2) is 8.73. The summed E-state index contributed by atoms with van der Waals surface area (Å²) in [6.45, 7) is 20.2. The zero-order valence-electron chi connectivity index (χ0n) is 18.3. The van der Waals surface area contributed by atoms with E-state index >= 15 is 0 Å². The molecule has 1 aromatic carbocycles. The number of allylic oxidation sites excluding steroid dienone is 3. The van der Waals surface area contributed by atoms with Gasteiger partial charge in [0.1, 0.15) is 5.82 Å². The summed E-state index contributed by atoms with van der Waals surface area (Å²) in [5.74, 6) is 1.56. The van der Waals surface area contributed by atoms with Crippen LogP contribution in [0.1, 0.15) is 73.3 Å². The molecule has 146 valence electrons. The zero-order chi connectivity index (χ0) is 20.2. The summed E-state index contributed by atoms with van der Waals surface area (Å²) < 4.78 is 2.25. The van der Waals surface area contributed by atoms with Crippen molar-refractivity contribution in [3.8, 4) is 11.4 Å².